The van der Waals surface area contributed by atoms with Crippen LogP contribution in [0.5, 0.6) is 5.75 Å². The Morgan fingerprint density at radius 2 is 1.90 bits per heavy atom. The summed E-state index contributed by atoms with van der Waals surface area (Å²) in [6.45, 7) is 4.26. The second-order valence-electron chi connectivity index (χ2n) is 4.86. The van der Waals surface area contributed by atoms with Gasteiger partial charge in [0.05, 0.1) is 13.2 Å². The van der Waals surface area contributed by atoms with Gasteiger partial charge in [-0.3, -0.25) is 0 Å². The van der Waals surface area contributed by atoms with Crippen molar-refractivity contribution in [1.29, 1.82) is 0 Å². The number of halogens is 2. The average molecular weight is 291 g/mol. The van der Waals surface area contributed by atoms with Gasteiger partial charge in [0.1, 0.15) is 17.4 Å². The van der Waals surface area contributed by atoms with Crippen molar-refractivity contribution < 1.29 is 13.5 Å². The predicted molar refractivity (Wildman–Crippen MR) is 79.6 cm³/mol. The van der Waals surface area contributed by atoms with Gasteiger partial charge < -0.3 is 10.1 Å². The van der Waals surface area contributed by atoms with Crippen molar-refractivity contribution >= 4 is 0 Å². The van der Waals surface area contributed by atoms with Crippen LogP contribution in [-0.2, 0) is 0 Å². The number of aryl methyl sites for hydroxylation is 1. The normalized spacial score (nSPS) is 12.2. The highest BCUT2D eigenvalue weighted by molar-refractivity contribution is 5.43. The van der Waals surface area contributed by atoms with Gasteiger partial charge in [-0.15, -0.1) is 0 Å². The van der Waals surface area contributed by atoms with E-state index < -0.39 is 6.04 Å². The molecule has 2 rings (SSSR count). The summed E-state index contributed by atoms with van der Waals surface area (Å²) in [4.78, 5) is 0. The first-order chi connectivity index (χ1) is 10.1. The predicted octanol–water partition coefficient (Wildman–Crippen LogP) is 3.98. The van der Waals surface area contributed by atoms with Crippen LogP contribution >= 0.6 is 0 Å². The first-order valence-corrected chi connectivity index (χ1v) is 6.90. The molecule has 0 spiro atoms. The Morgan fingerprint density at radius 1 is 1.14 bits per heavy atom. The smallest absolute Gasteiger partial charge is 0.131 e. The maximum absolute atomic E-state index is 14.4. The second-order valence-corrected chi connectivity index (χ2v) is 4.86. The number of nitrogens with one attached hydrogen (secondary N) is 1. The van der Waals surface area contributed by atoms with Crippen LogP contribution in [0.1, 0.15) is 29.7 Å². The number of hydrogen-bond donors (Lipinski definition) is 1. The Bertz CT molecular complexity index is 628. The summed E-state index contributed by atoms with van der Waals surface area (Å²) in [7, 11) is 1.52. The third-order valence-corrected chi connectivity index (χ3v) is 3.44. The Labute approximate surface area is 123 Å². The van der Waals surface area contributed by atoms with Crippen LogP contribution in [0.2, 0.25) is 0 Å². The fourth-order valence-corrected chi connectivity index (χ4v) is 2.42. The van der Waals surface area contributed by atoms with Crippen molar-refractivity contribution in [3.05, 3.63) is 64.7 Å². The largest absolute Gasteiger partial charge is 0.496 e. The zero-order valence-electron chi connectivity index (χ0n) is 12.4. The lowest BCUT2D eigenvalue weighted by molar-refractivity contribution is 0.401. The van der Waals surface area contributed by atoms with Crippen LogP contribution in [0.3, 0.4) is 0 Å². The van der Waals surface area contributed by atoms with E-state index in [1.807, 2.05) is 6.92 Å². The van der Waals surface area contributed by atoms with Crippen molar-refractivity contribution in [2.45, 2.75) is 19.9 Å². The molecule has 21 heavy (non-hydrogen) atoms. The molecule has 0 amide bonds. The van der Waals surface area contributed by atoms with Gasteiger partial charge in [-0.2, -0.15) is 0 Å². The molecule has 0 bridgehead atoms. The Morgan fingerprint density at radius 3 is 2.57 bits per heavy atom. The molecule has 1 atom stereocenters. The topological polar surface area (TPSA) is 21.3 Å². The van der Waals surface area contributed by atoms with Crippen LogP contribution in [0.15, 0.2) is 36.4 Å². The molecule has 4 heteroatoms. The van der Waals surface area contributed by atoms with E-state index in [9.17, 15) is 8.78 Å². The van der Waals surface area contributed by atoms with Crippen LogP contribution in [-0.4, -0.2) is 13.7 Å². The molecule has 0 fully saturated rings. The second kappa shape index (κ2) is 6.68. The van der Waals surface area contributed by atoms with Gasteiger partial charge in [-0.25, -0.2) is 8.78 Å². The van der Waals surface area contributed by atoms with Gasteiger partial charge in [-0.1, -0.05) is 25.1 Å². The summed E-state index contributed by atoms with van der Waals surface area (Å²) in [5.41, 5.74) is 1.63. The monoisotopic (exact) mass is 291 g/mol. The zero-order chi connectivity index (χ0) is 15.4. The van der Waals surface area contributed by atoms with Crippen LogP contribution in [0, 0.1) is 18.6 Å². The van der Waals surface area contributed by atoms with E-state index in [2.05, 4.69) is 5.32 Å². The molecule has 1 unspecified atom stereocenters. The van der Waals surface area contributed by atoms with E-state index in [1.165, 1.54) is 19.2 Å². The van der Waals surface area contributed by atoms with E-state index >= 15 is 0 Å². The molecule has 1 N–H and O–H groups in total. The molecular weight excluding hydrogens is 272 g/mol. The van der Waals surface area contributed by atoms with Gasteiger partial charge in [0.2, 0.25) is 0 Å². The number of rotatable bonds is 5. The van der Waals surface area contributed by atoms with Crippen molar-refractivity contribution in [1.82, 2.24) is 5.32 Å². The third-order valence-electron chi connectivity index (χ3n) is 3.44. The van der Waals surface area contributed by atoms with Crippen LogP contribution in [0.4, 0.5) is 8.78 Å². The highest BCUT2D eigenvalue weighted by Crippen LogP contribution is 2.32. The van der Waals surface area contributed by atoms with Crippen molar-refractivity contribution in [2.75, 3.05) is 13.7 Å². The quantitative estimate of drug-likeness (QED) is 0.899. The summed E-state index contributed by atoms with van der Waals surface area (Å²) >= 11 is 0. The van der Waals surface area contributed by atoms with Gasteiger partial charge >= 0.3 is 0 Å². The van der Waals surface area contributed by atoms with Crippen molar-refractivity contribution in [3.63, 3.8) is 0 Å². The minimum atomic E-state index is -0.458. The summed E-state index contributed by atoms with van der Waals surface area (Å²) in [5, 5.41) is 3.20. The third kappa shape index (κ3) is 3.22. The Kier molecular flexibility index (Phi) is 4.91. The highest BCUT2D eigenvalue weighted by Gasteiger charge is 2.21. The lowest BCUT2D eigenvalue weighted by Gasteiger charge is -2.22. The first kappa shape index (κ1) is 15.4. The zero-order valence-corrected chi connectivity index (χ0v) is 12.4. The van der Waals surface area contributed by atoms with E-state index in [-0.39, 0.29) is 11.6 Å². The van der Waals surface area contributed by atoms with Crippen molar-refractivity contribution in [2.24, 2.45) is 0 Å². The van der Waals surface area contributed by atoms with Gasteiger partial charge in [0.15, 0.2) is 0 Å². The summed E-state index contributed by atoms with van der Waals surface area (Å²) in [6.07, 6.45) is 0. The Balaban J connectivity index is 2.58. The number of hydrogen-bond acceptors (Lipinski definition) is 2. The molecule has 0 aromatic heterocycles. The molecular formula is C17H19F2NO. The van der Waals surface area contributed by atoms with E-state index in [0.717, 1.165) is 0 Å². The van der Waals surface area contributed by atoms with Crippen LogP contribution in [0.25, 0.3) is 0 Å². The number of methoxy groups -OCH3 is 1. The van der Waals surface area contributed by atoms with Crippen LogP contribution < -0.4 is 10.1 Å². The fourth-order valence-electron chi connectivity index (χ4n) is 2.42. The molecule has 0 heterocycles. The summed E-state index contributed by atoms with van der Waals surface area (Å²) in [5.74, 6) is -0.125. The molecule has 2 aromatic carbocycles. The molecule has 0 saturated heterocycles. The fraction of sp³-hybridized carbons (Fsp3) is 0.294. The molecule has 0 aliphatic carbocycles. The lowest BCUT2D eigenvalue weighted by atomic mass is 9.95. The van der Waals surface area contributed by atoms with E-state index in [4.69, 9.17) is 4.74 Å². The molecule has 0 aliphatic rings. The first-order valence-electron chi connectivity index (χ1n) is 6.90. The molecule has 0 radical (unpaired) electrons. The molecule has 0 aliphatic heterocycles. The highest BCUT2D eigenvalue weighted by atomic mass is 19.1. The lowest BCUT2D eigenvalue weighted by Crippen LogP contribution is -2.24. The number of ether oxygens (including phenoxy) is 1. The molecule has 2 nitrogen and oxygen atoms in total. The minimum absolute atomic E-state index is 0.283. The van der Waals surface area contributed by atoms with Crippen molar-refractivity contribution in [3.8, 4) is 5.75 Å². The standard InChI is InChI=1S/C17H19F2NO/c1-4-20-17(13-7-5-6-11(2)16(13)19)14-10-12(18)8-9-15(14)21-3/h5-10,17,20H,4H2,1-3H3. The minimum Gasteiger partial charge on any atom is -0.496 e. The van der Waals surface area contributed by atoms with Gasteiger partial charge in [0.25, 0.3) is 0 Å². The van der Waals surface area contributed by atoms with E-state index in [0.29, 0.717) is 29.0 Å². The van der Waals surface area contributed by atoms with Gasteiger partial charge in [-0.05, 0) is 37.2 Å². The maximum Gasteiger partial charge on any atom is 0.131 e. The van der Waals surface area contributed by atoms with E-state index in [1.54, 1.807) is 31.2 Å². The SMILES string of the molecule is CCNC(c1cc(F)ccc1OC)c1cccc(C)c1F. The molecule has 2 aromatic rings. The molecule has 112 valence electrons. The Hall–Kier alpha value is -1.94. The summed E-state index contributed by atoms with van der Waals surface area (Å²) < 4.78 is 33.3. The number of benzene rings is 2. The van der Waals surface area contributed by atoms with Gasteiger partial charge in [0, 0.05) is 11.1 Å². The molecule has 0 saturated carbocycles. The maximum atomic E-state index is 14.4. The average Bonchev–Trinajstić information content (AvgIpc) is 2.48. The summed E-state index contributed by atoms with van der Waals surface area (Å²) in [6, 6.07) is 9.03.